The number of aromatic nitrogens is 4. The molecule has 118 valence electrons. The minimum atomic E-state index is -0.186. The van der Waals surface area contributed by atoms with Crippen molar-refractivity contribution in [2.75, 3.05) is 5.32 Å². The Morgan fingerprint density at radius 3 is 2.74 bits per heavy atom. The summed E-state index contributed by atoms with van der Waals surface area (Å²) in [5.41, 5.74) is 1.18. The summed E-state index contributed by atoms with van der Waals surface area (Å²) in [7, 11) is 1.67. The van der Waals surface area contributed by atoms with Crippen LogP contribution >= 0.6 is 0 Å². The van der Waals surface area contributed by atoms with Crippen LogP contribution in [0, 0.1) is 0 Å². The zero-order chi connectivity index (χ0) is 16.6. The molecule has 3 aromatic rings. The standard InChI is InChI=1S/C16H17N5O2/c1-9(2)19-16-18-8-12(15(23)21(16)3)13-5-4-10-6-11(22)7-17-14(10)20-13/h4-9,22H,1-3H3,(H,18,19). The average Bonchev–Trinajstić information content (AvgIpc) is 2.51. The number of nitrogens with zero attached hydrogens (tertiary/aromatic N) is 4. The van der Waals surface area contributed by atoms with Crippen molar-refractivity contribution in [2.45, 2.75) is 19.9 Å². The molecule has 7 nitrogen and oxygen atoms in total. The highest BCUT2D eigenvalue weighted by Gasteiger charge is 2.12. The zero-order valence-corrected chi connectivity index (χ0v) is 13.1. The summed E-state index contributed by atoms with van der Waals surface area (Å²) in [5, 5.41) is 13.3. The summed E-state index contributed by atoms with van der Waals surface area (Å²) in [6.07, 6.45) is 2.84. The predicted octanol–water partition coefficient (Wildman–Crippen LogP) is 1.92. The van der Waals surface area contributed by atoms with Crippen LogP contribution in [-0.4, -0.2) is 30.7 Å². The first-order valence-electron chi connectivity index (χ1n) is 7.24. The van der Waals surface area contributed by atoms with Crippen LogP contribution in [0.5, 0.6) is 5.75 Å². The monoisotopic (exact) mass is 311 g/mol. The Morgan fingerprint density at radius 1 is 1.22 bits per heavy atom. The lowest BCUT2D eigenvalue weighted by molar-refractivity contribution is 0.474. The number of anilines is 1. The van der Waals surface area contributed by atoms with Gasteiger partial charge in [-0.25, -0.2) is 15.0 Å². The molecule has 2 N–H and O–H groups in total. The van der Waals surface area contributed by atoms with E-state index in [1.807, 2.05) is 13.8 Å². The lowest BCUT2D eigenvalue weighted by Crippen LogP contribution is -2.25. The van der Waals surface area contributed by atoms with E-state index in [1.54, 1.807) is 25.2 Å². The van der Waals surface area contributed by atoms with Crippen molar-refractivity contribution in [3.05, 3.63) is 40.9 Å². The molecule has 0 bridgehead atoms. The number of hydrogen-bond acceptors (Lipinski definition) is 6. The molecule has 0 atom stereocenters. The van der Waals surface area contributed by atoms with Crippen LogP contribution in [0.1, 0.15) is 13.8 Å². The third-order valence-corrected chi connectivity index (χ3v) is 3.39. The van der Waals surface area contributed by atoms with E-state index in [9.17, 15) is 9.90 Å². The van der Waals surface area contributed by atoms with Crippen molar-refractivity contribution < 1.29 is 5.11 Å². The van der Waals surface area contributed by atoms with Crippen molar-refractivity contribution in [3.63, 3.8) is 0 Å². The van der Waals surface area contributed by atoms with Gasteiger partial charge in [-0.2, -0.15) is 0 Å². The Balaban J connectivity index is 2.10. The van der Waals surface area contributed by atoms with Crippen molar-refractivity contribution in [1.29, 1.82) is 0 Å². The maximum absolute atomic E-state index is 12.5. The number of aromatic hydroxyl groups is 1. The van der Waals surface area contributed by atoms with Gasteiger partial charge in [0.25, 0.3) is 5.56 Å². The maximum Gasteiger partial charge on any atom is 0.264 e. The van der Waals surface area contributed by atoms with Crippen LogP contribution in [0.4, 0.5) is 5.95 Å². The molecule has 0 radical (unpaired) electrons. The van der Waals surface area contributed by atoms with E-state index < -0.39 is 0 Å². The molecule has 0 saturated carbocycles. The van der Waals surface area contributed by atoms with Crippen LogP contribution in [0.2, 0.25) is 0 Å². The van der Waals surface area contributed by atoms with E-state index in [0.29, 0.717) is 28.2 Å². The van der Waals surface area contributed by atoms with Gasteiger partial charge < -0.3 is 10.4 Å². The molecular formula is C16H17N5O2. The van der Waals surface area contributed by atoms with Gasteiger partial charge in [-0.1, -0.05) is 0 Å². The summed E-state index contributed by atoms with van der Waals surface area (Å²) in [4.78, 5) is 25.3. The first kappa shape index (κ1) is 15.0. The molecule has 7 heteroatoms. The minimum absolute atomic E-state index is 0.0775. The summed E-state index contributed by atoms with van der Waals surface area (Å²) in [6.45, 7) is 3.96. The van der Waals surface area contributed by atoms with Crippen molar-refractivity contribution in [1.82, 2.24) is 19.5 Å². The number of fused-ring (bicyclic) bond motifs is 1. The molecule has 0 aromatic carbocycles. The van der Waals surface area contributed by atoms with E-state index in [2.05, 4.69) is 20.3 Å². The topological polar surface area (TPSA) is 92.9 Å². The molecule has 0 aliphatic heterocycles. The van der Waals surface area contributed by atoms with Crippen LogP contribution in [-0.2, 0) is 7.05 Å². The van der Waals surface area contributed by atoms with Gasteiger partial charge in [0.05, 0.1) is 17.5 Å². The molecule has 0 unspecified atom stereocenters. The SMILES string of the molecule is CC(C)Nc1ncc(-c2ccc3cc(O)cnc3n2)c(=O)n1C. The highest BCUT2D eigenvalue weighted by molar-refractivity contribution is 5.79. The highest BCUT2D eigenvalue weighted by atomic mass is 16.3. The second-order valence-corrected chi connectivity index (χ2v) is 5.60. The highest BCUT2D eigenvalue weighted by Crippen LogP contribution is 2.20. The molecule has 0 aliphatic carbocycles. The van der Waals surface area contributed by atoms with Gasteiger partial charge >= 0.3 is 0 Å². The van der Waals surface area contributed by atoms with E-state index >= 15 is 0 Å². The van der Waals surface area contributed by atoms with Crippen LogP contribution in [0.25, 0.3) is 22.3 Å². The lowest BCUT2D eigenvalue weighted by Gasteiger charge is -2.13. The van der Waals surface area contributed by atoms with Gasteiger partial charge in [0, 0.05) is 24.7 Å². The van der Waals surface area contributed by atoms with E-state index in [1.165, 1.54) is 17.0 Å². The summed E-state index contributed by atoms with van der Waals surface area (Å²) >= 11 is 0. The molecule has 23 heavy (non-hydrogen) atoms. The summed E-state index contributed by atoms with van der Waals surface area (Å²) in [5.74, 6) is 0.589. The fourth-order valence-electron chi connectivity index (χ4n) is 2.26. The Kier molecular flexibility index (Phi) is 3.69. The Bertz CT molecular complexity index is 933. The zero-order valence-electron chi connectivity index (χ0n) is 13.1. The van der Waals surface area contributed by atoms with Crippen LogP contribution < -0.4 is 10.9 Å². The first-order valence-corrected chi connectivity index (χ1v) is 7.24. The smallest absolute Gasteiger partial charge is 0.264 e. The number of hydrogen-bond donors (Lipinski definition) is 2. The van der Waals surface area contributed by atoms with Crippen molar-refractivity contribution in [2.24, 2.45) is 7.05 Å². The second kappa shape index (κ2) is 5.68. The molecule has 0 aliphatic rings. The number of nitrogens with one attached hydrogen (secondary N) is 1. The van der Waals surface area contributed by atoms with E-state index in [0.717, 1.165) is 0 Å². The maximum atomic E-state index is 12.5. The van der Waals surface area contributed by atoms with Gasteiger partial charge in [0.1, 0.15) is 5.75 Å². The number of rotatable bonds is 3. The number of pyridine rings is 2. The molecule has 3 rings (SSSR count). The molecule has 0 spiro atoms. The molecule has 3 aromatic heterocycles. The van der Waals surface area contributed by atoms with E-state index in [-0.39, 0.29) is 17.4 Å². The second-order valence-electron chi connectivity index (χ2n) is 5.60. The van der Waals surface area contributed by atoms with Gasteiger partial charge in [-0.15, -0.1) is 0 Å². The van der Waals surface area contributed by atoms with Crippen molar-refractivity contribution >= 4 is 17.0 Å². The predicted molar refractivity (Wildman–Crippen MR) is 88.4 cm³/mol. The lowest BCUT2D eigenvalue weighted by atomic mass is 10.2. The molecule has 3 heterocycles. The summed E-state index contributed by atoms with van der Waals surface area (Å²) in [6, 6.07) is 5.24. The van der Waals surface area contributed by atoms with Gasteiger partial charge in [0.2, 0.25) is 5.95 Å². The van der Waals surface area contributed by atoms with Gasteiger partial charge in [-0.05, 0) is 32.0 Å². The fraction of sp³-hybridized carbons (Fsp3) is 0.250. The quantitative estimate of drug-likeness (QED) is 0.767. The average molecular weight is 311 g/mol. The third-order valence-electron chi connectivity index (χ3n) is 3.39. The van der Waals surface area contributed by atoms with Crippen LogP contribution in [0.3, 0.4) is 0 Å². The fourth-order valence-corrected chi connectivity index (χ4v) is 2.26. The van der Waals surface area contributed by atoms with Crippen molar-refractivity contribution in [3.8, 4) is 17.0 Å². The minimum Gasteiger partial charge on any atom is -0.506 e. The van der Waals surface area contributed by atoms with E-state index in [4.69, 9.17) is 0 Å². The molecular weight excluding hydrogens is 294 g/mol. The summed E-state index contributed by atoms with van der Waals surface area (Å²) < 4.78 is 1.46. The molecule has 0 saturated heterocycles. The Hall–Kier alpha value is -2.96. The largest absolute Gasteiger partial charge is 0.506 e. The first-order chi connectivity index (χ1) is 11.0. The Morgan fingerprint density at radius 2 is 2.00 bits per heavy atom. The molecule has 0 fully saturated rings. The van der Waals surface area contributed by atoms with Gasteiger partial charge in [0.15, 0.2) is 5.65 Å². The van der Waals surface area contributed by atoms with Crippen LogP contribution in [0.15, 0.2) is 35.4 Å². The Labute approximate surface area is 132 Å². The van der Waals surface area contributed by atoms with Gasteiger partial charge in [-0.3, -0.25) is 9.36 Å². The third kappa shape index (κ3) is 2.85. The molecule has 0 amide bonds. The normalized spacial score (nSPS) is 11.1.